The maximum atomic E-state index is 12.7. The second kappa shape index (κ2) is 7.60. The molecule has 0 radical (unpaired) electrons. The van der Waals surface area contributed by atoms with E-state index in [1.165, 1.54) is 29.7 Å². The molecule has 112 valence electrons. The maximum absolute atomic E-state index is 12.7. The van der Waals surface area contributed by atoms with Gasteiger partial charge in [-0.3, -0.25) is 4.79 Å². The van der Waals surface area contributed by atoms with Gasteiger partial charge in [0, 0.05) is 22.8 Å². The highest BCUT2D eigenvalue weighted by atomic mass is 79.9. The number of carbonyl (C=O) groups is 1. The number of hydrogen-bond donors (Lipinski definition) is 0. The zero-order valence-electron chi connectivity index (χ0n) is 12.5. The minimum atomic E-state index is 0.221. The van der Waals surface area contributed by atoms with Crippen LogP contribution in [-0.2, 0) is 12.8 Å². The number of thiophene rings is 1. The SMILES string of the molecule is CC(C)N(CCCBr)C(=O)c1cc2c(s1)CCCCC2. The number of hydrogen-bond acceptors (Lipinski definition) is 2. The number of alkyl halides is 1. The minimum absolute atomic E-state index is 0.221. The van der Waals surface area contributed by atoms with E-state index in [0.717, 1.165) is 36.0 Å². The first-order chi connectivity index (χ1) is 9.63. The van der Waals surface area contributed by atoms with Crippen LogP contribution in [-0.4, -0.2) is 28.7 Å². The summed E-state index contributed by atoms with van der Waals surface area (Å²) in [5.41, 5.74) is 1.43. The fourth-order valence-electron chi connectivity index (χ4n) is 2.74. The van der Waals surface area contributed by atoms with Gasteiger partial charge >= 0.3 is 0 Å². The Morgan fingerprint density at radius 1 is 1.35 bits per heavy atom. The van der Waals surface area contributed by atoms with Crippen molar-refractivity contribution in [2.45, 2.75) is 58.4 Å². The Morgan fingerprint density at radius 3 is 2.80 bits per heavy atom. The standard InChI is InChI=1S/C16H24BrNOS/c1-12(2)18(10-6-9-17)16(19)15-11-13-7-4-3-5-8-14(13)20-15/h11-12H,3-10H2,1-2H3. The first-order valence-electron chi connectivity index (χ1n) is 7.62. The van der Waals surface area contributed by atoms with Crippen molar-refractivity contribution in [2.24, 2.45) is 0 Å². The van der Waals surface area contributed by atoms with Crippen LogP contribution in [0.5, 0.6) is 0 Å². The zero-order chi connectivity index (χ0) is 14.5. The predicted octanol–water partition coefficient (Wildman–Crippen LogP) is 4.65. The van der Waals surface area contributed by atoms with Crippen LogP contribution in [0.15, 0.2) is 6.07 Å². The highest BCUT2D eigenvalue weighted by molar-refractivity contribution is 9.09. The second-order valence-electron chi connectivity index (χ2n) is 5.75. The Hall–Kier alpha value is -0.350. The summed E-state index contributed by atoms with van der Waals surface area (Å²) < 4.78 is 0. The third-order valence-electron chi connectivity index (χ3n) is 3.87. The number of fused-ring (bicyclic) bond motifs is 1. The molecule has 0 fully saturated rings. The summed E-state index contributed by atoms with van der Waals surface area (Å²) in [5.74, 6) is 0.221. The number of carbonyl (C=O) groups excluding carboxylic acids is 1. The van der Waals surface area contributed by atoms with Crippen LogP contribution in [0.4, 0.5) is 0 Å². The van der Waals surface area contributed by atoms with Gasteiger partial charge in [-0.15, -0.1) is 11.3 Å². The van der Waals surface area contributed by atoms with Crippen molar-refractivity contribution in [3.05, 3.63) is 21.4 Å². The van der Waals surface area contributed by atoms with Crippen LogP contribution in [0.25, 0.3) is 0 Å². The summed E-state index contributed by atoms with van der Waals surface area (Å²) in [6, 6.07) is 2.43. The fourth-order valence-corrected chi connectivity index (χ4v) is 4.20. The van der Waals surface area contributed by atoms with E-state index in [2.05, 4.69) is 35.8 Å². The average molecular weight is 358 g/mol. The summed E-state index contributed by atoms with van der Waals surface area (Å²) in [6.07, 6.45) is 7.20. The molecule has 0 aliphatic heterocycles. The lowest BCUT2D eigenvalue weighted by atomic mass is 10.1. The maximum Gasteiger partial charge on any atom is 0.264 e. The van der Waals surface area contributed by atoms with Gasteiger partial charge < -0.3 is 4.90 Å². The lowest BCUT2D eigenvalue weighted by Gasteiger charge is -2.26. The van der Waals surface area contributed by atoms with Crippen molar-refractivity contribution >= 4 is 33.2 Å². The van der Waals surface area contributed by atoms with Gasteiger partial charge in [0.25, 0.3) is 5.91 Å². The number of halogens is 1. The van der Waals surface area contributed by atoms with Crippen LogP contribution in [0.2, 0.25) is 0 Å². The molecule has 1 aromatic heterocycles. The first kappa shape index (κ1) is 16.0. The molecule has 4 heteroatoms. The van der Waals surface area contributed by atoms with Gasteiger partial charge in [-0.25, -0.2) is 0 Å². The topological polar surface area (TPSA) is 20.3 Å². The van der Waals surface area contributed by atoms with Crippen LogP contribution in [0, 0.1) is 0 Å². The third kappa shape index (κ3) is 3.85. The van der Waals surface area contributed by atoms with E-state index in [1.807, 2.05) is 4.90 Å². The highest BCUT2D eigenvalue weighted by Crippen LogP contribution is 2.30. The molecule has 20 heavy (non-hydrogen) atoms. The third-order valence-corrected chi connectivity index (χ3v) is 5.66. The van der Waals surface area contributed by atoms with E-state index in [4.69, 9.17) is 0 Å². The van der Waals surface area contributed by atoms with E-state index in [0.29, 0.717) is 0 Å². The van der Waals surface area contributed by atoms with Gasteiger partial charge in [-0.2, -0.15) is 0 Å². The molecule has 0 saturated carbocycles. The van der Waals surface area contributed by atoms with E-state index >= 15 is 0 Å². The highest BCUT2D eigenvalue weighted by Gasteiger charge is 2.22. The van der Waals surface area contributed by atoms with Crippen LogP contribution in [0.1, 0.15) is 59.6 Å². The lowest BCUT2D eigenvalue weighted by molar-refractivity contribution is 0.0711. The molecule has 0 N–H and O–H groups in total. The minimum Gasteiger partial charge on any atom is -0.335 e. The molecule has 0 aromatic carbocycles. The van der Waals surface area contributed by atoms with Crippen LogP contribution >= 0.6 is 27.3 Å². The largest absolute Gasteiger partial charge is 0.335 e. The summed E-state index contributed by atoms with van der Waals surface area (Å²) in [4.78, 5) is 17.1. The van der Waals surface area contributed by atoms with Crippen LogP contribution in [0.3, 0.4) is 0 Å². The smallest absolute Gasteiger partial charge is 0.264 e. The Balaban J connectivity index is 2.14. The molecule has 1 amide bonds. The molecular weight excluding hydrogens is 334 g/mol. The molecule has 0 spiro atoms. The number of rotatable bonds is 5. The fraction of sp³-hybridized carbons (Fsp3) is 0.688. The molecule has 0 unspecified atom stereocenters. The number of amides is 1. The van der Waals surface area contributed by atoms with E-state index < -0.39 is 0 Å². The number of nitrogens with zero attached hydrogens (tertiary/aromatic N) is 1. The average Bonchev–Trinajstić information content (AvgIpc) is 2.70. The molecule has 0 atom stereocenters. The molecule has 1 aliphatic rings. The van der Waals surface area contributed by atoms with E-state index in [1.54, 1.807) is 11.3 Å². The molecule has 0 saturated heterocycles. The molecule has 2 nitrogen and oxygen atoms in total. The number of aryl methyl sites for hydroxylation is 2. The molecule has 1 heterocycles. The monoisotopic (exact) mass is 357 g/mol. The predicted molar refractivity (Wildman–Crippen MR) is 90.2 cm³/mol. The zero-order valence-corrected chi connectivity index (χ0v) is 14.9. The van der Waals surface area contributed by atoms with Crippen molar-refractivity contribution in [3.8, 4) is 0 Å². The van der Waals surface area contributed by atoms with Crippen molar-refractivity contribution in [1.82, 2.24) is 4.90 Å². The first-order valence-corrected chi connectivity index (χ1v) is 9.55. The normalized spacial score (nSPS) is 15.0. The Morgan fingerprint density at radius 2 is 2.10 bits per heavy atom. The van der Waals surface area contributed by atoms with Crippen molar-refractivity contribution in [2.75, 3.05) is 11.9 Å². The van der Waals surface area contributed by atoms with Gasteiger partial charge in [0.15, 0.2) is 0 Å². The summed E-state index contributed by atoms with van der Waals surface area (Å²) in [5, 5.41) is 0.949. The summed E-state index contributed by atoms with van der Waals surface area (Å²) in [6.45, 7) is 5.04. The molecule has 0 bridgehead atoms. The Labute approximate surface area is 134 Å². The Kier molecular flexibility index (Phi) is 6.09. The van der Waals surface area contributed by atoms with Crippen molar-refractivity contribution in [1.29, 1.82) is 0 Å². The van der Waals surface area contributed by atoms with Crippen molar-refractivity contribution in [3.63, 3.8) is 0 Å². The Bertz CT molecular complexity index is 432. The van der Waals surface area contributed by atoms with Gasteiger partial charge in [-0.05, 0) is 57.6 Å². The molecular formula is C16H24BrNOS. The van der Waals surface area contributed by atoms with E-state index in [9.17, 15) is 4.79 Å². The van der Waals surface area contributed by atoms with Crippen molar-refractivity contribution < 1.29 is 4.79 Å². The quantitative estimate of drug-likeness (QED) is 0.554. The van der Waals surface area contributed by atoms with Gasteiger partial charge in [-0.1, -0.05) is 22.4 Å². The van der Waals surface area contributed by atoms with Gasteiger partial charge in [0.05, 0.1) is 4.88 Å². The van der Waals surface area contributed by atoms with Gasteiger partial charge in [0.1, 0.15) is 0 Å². The van der Waals surface area contributed by atoms with Gasteiger partial charge in [0.2, 0.25) is 0 Å². The summed E-state index contributed by atoms with van der Waals surface area (Å²) in [7, 11) is 0. The molecule has 2 rings (SSSR count). The lowest BCUT2D eigenvalue weighted by Crippen LogP contribution is -2.37. The van der Waals surface area contributed by atoms with Crippen LogP contribution < -0.4 is 0 Å². The molecule has 1 aliphatic carbocycles. The summed E-state index contributed by atoms with van der Waals surface area (Å²) >= 11 is 5.19. The van der Waals surface area contributed by atoms with E-state index in [-0.39, 0.29) is 11.9 Å². The second-order valence-corrected chi connectivity index (χ2v) is 7.68. The molecule has 1 aromatic rings.